The maximum absolute atomic E-state index is 12.8. The van der Waals surface area contributed by atoms with Gasteiger partial charge in [-0.05, 0) is 69.2 Å². The summed E-state index contributed by atoms with van der Waals surface area (Å²) in [6, 6.07) is 12.2. The number of aromatic nitrogens is 4. The molecular formula is C30H26N8O2. The van der Waals surface area contributed by atoms with Gasteiger partial charge in [0.05, 0.1) is 11.6 Å². The molecule has 4 aromatic rings. The first-order valence-electron chi connectivity index (χ1n) is 13.0. The maximum atomic E-state index is 12.8. The van der Waals surface area contributed by atoms with Crippen LogP contribution < -0.4 is 16.4 Å². The Balaban J connectivity index is 1.32. The number of imidazole rings is 1. The monoisotopic (exact) mass is 530 g/mol. The number of nitrogen functional groups attached to an aromatic ring is 1. The summed E-state index contributed by atoms with van der Waals surface area (Å²) >= 11 is 0. The van der Waals surface area contributed by atoms with Gasteiger partial charge in [-0.25, -0.2) is 15.0 Å². The topological polar surface area (TPSA) is 151 Å². The Morgan fingerprint density at radius 1 is 1.07 bits per heavy atom. The molecule has 10 nitrogen and oxygen atoms in total. The van der Waals surface area contributed by atoms with Gasteiger partial charge in [0.2, 0.25) is 0 Å². The third-order valence-electron chi connectivity index (χ3n) is 8.07. The van der Waals surface area contributed by atoms with Crippen LogP contribution in [0.4, 0.5) is 11.6 Å². The summed E-state index contributed by atoms with van der Waals surface area (Å²) in [4.78, 5) is 38.7. The molecule has 198 valence electrons. The van der Waals surface area contributed by atoms with Crippen molar-refractivity contribution < 1.29 is 9.59 Å². The highest BCUT2D eigenvalue weighted by Gasteiger charge is 2.57. The van der Waals surface area contributed by atoms with Gasteiger partial charge in [0, 0.05) is 40.7 Å². The van der Waals surface area contributed by atoms with Crippen LogP contribution in [0.1, 0.15) is 60.8 Å². The molecule has 2 fully saturated rings. The fourth-order valence-corrected chi connectivity index (χ4v) is 6.24. The number of hydrogen-bond acceptors (Lipinski definition) is 7. The van der Waals surface area contributed by atoms with E-state index in [4.69, 9.17) is 16.0 Å². The van der Waals surface area contributed by atoms with Gasteiger partial charge in [-0.2, -0.15) is 5.26 Å². The van der Waals surface area contributed by atoms with Crippen LogP contribution in [0.5, 0.6) is 0 Å². The lowest BCUT2D eigenvalue weighted by molar-refractivity contribution is -0.117. The van der Waals surface area contributed by atoms with E-state index in [0.717, 1.165) is 43.5 Å². The number of nitrogens with zero attached hydrogens (tertiary/aromatic N) is 5. The van der Waals surface area contributed by atoms with Crippen molar-refractivity contribution >= 4 is 29.0 Å². The summed E-state index contributed by atoms with van der Waals surface area (Å²) in [5.74, 6) is 6.29. The number of pyridine rings is 1. The quantitative estimate of drug-likeness (QED) is 0.334. The largest absolute Gasteiger partial charge is 0.382 e. The first kappa shape index (κ1) is 25.1. The molecule has 40 heavy (non-hydrogen) atoms. The molecule has 10 heteroatoms. The molecule has 0 aliphatic heterocycles. The highest BCUT2D eigenvalue weighted by molar-refractivity contribution is 6.04. The summed E-state index contributed by atoms with van der Waals surface area (Å²) in [5, 5.41) is 15.0. The molecule has 2 aliphatic rings. The highest BCUT2D eigenvalue weighted by atomic mass is 16.2. The van der Waals surface area contributed by atoms with Crippen LogP contribution in [0.15, 0.2) is 55.0 Å². The van der Waals surface area contributed by atoms with Crippen molar-refractivity contribution in [1.82, 2.24) is 24.7 Å². The van der Waals surface area contributed by atoms with Gasteiger partial charge in [0.1, 0.15) is 28.7 Å². The van der Waals surface area contributed by atoms with Gasteiger partial charge in [-0.3, -0.25) is 14.0 Å². The number of fused-ring (bicyclic) bond motifs is 3. The minimum Gasteiger partial charge on any atom is -0.382 e. The van der Waals surface area contributed by atoms with Crippen LogP contribution in [0.3, 0.4) is 0 Å². The van der Waals surface area contributed by atoms with Gasteiger partial charge < -0.3 is 16.4 Å². The average molecular weight is 531 g/mol. The van der Waals surface area contributed by atoms with E-state index in [1.807, 2.05) is 28.8 Å². The predicted molar refractivity (Wildman–Crippen MR) is 149 cm³/mol. The molecule has 0 saturated heterocycles. The van der Waals surface area contributed by atoms with Gasteiger partial charge in [-0.1, -0.05) is 18.1 Å². The van der Waals surface area contributed by atoms with Crippen LogP contribution in [-0.2, 0) is 10.2 Å². The van der Waals surface area contributed by atoms with Crippen LogP contribution >= 0.6 is 0 Å². The smallest absolute Gasteiger partial charge is 0.296 e. The fourth-order valence-electron chi connectivity index (χ4n) is 6.24. The summed E-state index contributed by atoms with van der Waals surface area (Å²) in [6.45, 7) is 1.66. The normalized spacial score (nSPS) is 20.9. The number of amides is 2. The zero-order valence-electron chi connectivity index (χ0n) is 21.9. The third-order valence-corrected chi connectivity index (χ3v) is 8.07. The van der Waals surface area contributed by atoms with Crippen LogP contribution in [-0.4, -0.2) is 36.7 Å². The fraction of sp³-hybridized carbons (Fsp3) is 0.267. The van der Waals surface area contributed by atoms with E-state index in [9.17, 15) is 9.59 Å². The molecule has 2 amide bonds. The number of nitrogens with one attached hydrogen (secondary N) is 2. The van der Waals surface area contributed by atoms with E-state index in [0.29, 0.717) is 34.0 Å². The number of carbonyl (C=O) groups excluding carboxylic acids is 2. The van der Waals surface area contributed by atoms with Crippen LogP contribution in [0.2, 0.25) is 0 Å². The minimum absolute atomic E-state index is 0.202. The lowest BCUT2D eigenvalue weighted by atomic mass is 9.83. The summed E-state index contributed by atoms with van der Waals surface area (Å²) in [7, 11) is 0. The maximum Gasteiger partial charge on any atom is 0.296 e. The van der Waals surface area contributed by atoms with Crippen molar-refractivity contribution in [3.05, 3.63) is 71.9 Å². The summed E-state index contributed by atoms with van der Waals surface area (Å²) in [6.07, 6.45) is 9.35. The Kier molecular flexibility index (Phi) is 5.96. The highest BCUT2D eigenvalue weighted by Crippen LogP contribution is 2.57. The molecule has 6 rings (SSSR count). The molecular weight excluding hydrogens is 504 g/mol. The Labute approximate surface area is 230 Å². The SMILES string of the molecule is CC#CC(=O)NC12CCC(c3nc(-c4ccc(C(=O)Nc5cc(C#N)ccn5)cc4)c4c(N)nccn34)(CC1)C2. The third kappa shape index (κ3) is 4.20. The summed E-state index contributed by atoms with van der Waals surface area (Å²) in [5.41, 5.74) is 8.95. The van der Waals surface area contributed by atoms with E-state index in [1.54, 1.807) is 31.3 Å². The minimum atomic E-state index is -0.340. The van der Waals surface area contributed by atoms with Crippen LogP contribution in [0.25, 0.3) is 16.8 Å². The number of benzene rings is 1. The Morgan fingerprint density at radius 2 is 1.85 bits per heavy atom. The molecule has 2 saturated carbocycles. The Morgan fingerprint density at radius 3 is 2.58 bits per heavy atom. The van der Waals surface area contributed by atoms with E-state index in [-0.39, 0.29) is 22.8 Å². The summed E-state index contributed by atoms with van der Waals surface area (Å²) < 4.78 is 2.03. The molecule has 1 aromatic carbocycles. The van der Waals surface area contributed by atoms with Crippen LogP contribution in [0, 0.1) is 23.2 Å². The molecule has 4 N–H and O–H groups in total. The van der Waals surface area contributed by atoms with E-state index in [2.05, 4.69) is 32.4 Å². The van der Waals surface area contributed by atoms with Gasteiger partial charge in [-0.15, -0.1) is 0 Å². The average Bonchev–Trinajstić information content (AvgIpc) is 3.64. The molecule has 0 atom stereocenters. The number of carbonyl (C=O) groups is 2. The number of nitriles is 1. The molecule has 2 aliphatic carbocycles. The Bertz CT molecular complexity index is 1760. The van der Waals surface area contributed by atoms with Crippen molar-refractivity contribution in [3.8, 4) is 29.2 Å². The first-order chi connectivity index (χ1) is 19.4. The van der Waals surface area contributed by atoms with Crippen molar-refractivity contribution in [2.75, 3.05) is 11.1 Å². The zero-order valence-corrected chi connectivity index (χ0v) is 21.9. The Hall–Kier alpha value is -5.22. The van der Waals surface area contributed by atoms with Crippen molar-refractivity contribution in [3.63, 3.8) is 0 Å². The molecule has 0 spiro atoms. The second-order valence-corrected chi connectivity index (χ2v) is 10.5. The van der Waals surface area contributed by atoms with Gasteiger partial charge in [0.25, 0.3) is 11.8 Å². The van der Waals surface area contributed by atoms with E-state index in [1.165, 1.54) is 12.3 Å². The first-order valence-corrected chi connectivity index (χ1v) is 13.0. The molecule has 3 heterocycles. The van der Waals surface area contributed by atoms with E-state index >= 15 is 0 Å². The molecule has 0 radical (unpaired) electrons. The van der Waals surface area contributed by atoms with Gasteiger partial charge in [0.15, 0.2) is 0 Å². The molecule has 3 aromatic heterocycles. The van der Waals surface area contributed by atoms with Gasteiger partial charge >= 0.3 is 0 Å². The molecule has 2 bridgehead atoms. The van der Waals surface area contributed by atoms with Crippen molar-refractivity contribution in [2.24, 2.45) is 0 Å². The second kappa shape index (κ2) is 9.51. The number of anilines is 2. The number of nitrogens with two attached hydrogens (primary N) is 1. The zero-order chi connectivity index (χ0) is 27.9. The lowest BCUT2D eigenvalue weighted by Crippen LogP contribution is -2.44. The van der Waals surface area contributed by atoms with Crippen molar-refractivity contribution in [2.45, 2.75) is 50.0 Å². The number of rotatable bonds is 5. The standard InChI is InChI=1S/C30H26N8O2/c1-2-3-23(39)37-30-11-9-29(18-30,10-12-30)28-36-24(25-26(32)34-14-15-38(25)28)20-4-6-21(7-5-20)27(40)35-22-16-19(17-31)8-13-33-22/h4-8,13-16H,9-12,18H2,1H3,(H2,32,34)(H,37,39)(H,33,35,40). The van der Waals surface area contributed by atoms with Crippen molar-refractivity contribution in [1.29, 1.82) is 5.26 Å². The molecule has 0 unspecified atom stereocenters. The second-order valence-electron chi connectivity index (χ2n) is 10.5. The predicted octanol–water partition coefficient (Wildman–Crippen LogP) is 3.59. The lowest BCUT2D eigenvalue weighted by Gasteiger charge is -2.27. The number of hydrogen-bond donors (Lipinski definition) is 3. The van der Waals surface area contributed by atoms with E-state index < -0.39 is 0 Å².